The summed E-state index contributed by atoms with van der Waals surface area (Å²) >= 11 is 5.92. The highest BCUT2D eigenvalue weighted by Crippen LogP contribution is 2.15. The molecule has 0 unspecified atom stereocenters. The minimum atomic E-state index is 0.378. The molecule has 0 saturated heterocycles. The zero-order valence-corrected chi connectivity index (χ0v) is 9.13. The van der Waals surface area contributed by atoms with E-state index in [1.807, 2.05) is 17.7 Å². The van der Waals surface area contributed by atoms with Crippen molar-refractivity contribution < 1.29 is 0 Å². The van der Waals surface area contributed by atoms with Gasteiger partial charge in [0, 0.05) is 18.5 Å². The highest BCUT2D eigenvalue weighted by Gasteiger charge is 2.09. The molecule has 3 aromatic heterocycles. The maximum Gasteiger partial charge on any atom is 0.255 e. The summed E-state index contributed by atoms with van der Waals surface area (Å²) in [6, 6.07) is 1.72. The molecule has 16 heavy (non-hydrogen) atoms. The van der Waals surface area contributed by atoms with Crippen LogP contribution in [0.4, 0.5) is 0 Å². The second kappa shape index (κ2) is 3.28. The highest BCUT2D eigenvalue weighted by molar-refractivity contribution is 6.29. The Hall–Kier alpha value is -1.95. The van der Waals surface area contributed by atoms with Crippen LogP contribution in [0.25, 0.3) is 11.6 Å². The van der Waals surface area contributed by atoms with Crippen LogP contribution in [-0.4, -0.2) is 29.1 Å². The van der Waals surface area contributed by atoms with E-state index in [4.69, 9.17) is 11.6 Å². The Kier molecular flexibility index (Phi) is 1.90. The number of rotatable bonds is 1. The van der Waals surface area contributed by atoms with Crippen LogP contribution in [0.15, 0.2) is 24.8 Å². The molecule has 0 saturated carbocycles. The number of hydrogen-bond donors (Lipinski definition) is 0. The Morgan fingerprint density at radius 3 is 2.94 bits per heavy atom. The normalized spacial score (nSPS) is 11.1. The second-order valence-corrected chi connectivity index (χ2v) is 3.64. The molecular formula is C9H7ClN6. The van der Waals surface area contributed by atoms with Gasteiger partial charge in [-0.3, -0.25) is 4.57 Å². The van der Waals surface area contributed by atoms with Gasteiger partial charge < -0.3 is 0 Å². The Morgan fingerprint density at radius 2 is 2.19 bits per heavy atom. The minimum absolute atomic E-state index is 0.378. The van der Waals surface area contributed by atoms with Crippen molar-refractivity contribution in [2.45, 2.75) is 6.92 Å². The molecule has 0 spiro atoms. The Bertz CT molecular complexity index is 655. The van der Waals surface area contributed by atoms with Crippen molar-refractivity contribution in [3.8, 4) is 5.82 Å². The largest absolute Gasteiger partial charge is 0.288 e. The number of fused-ring (bicyclic) bond motifs is 1. The Labute approximate surface area is 95.5 Å². The van der Waals surface area contributed by atoms with E-state index in [-0.39, 0.29) is 0 Å². The highest BCUT2D eigenvalue weighted by atomic mass is 35.5. The summed E-state index contributed by atoms with van der Waals surface area (Å²) in [5, 5.41) is 4.47. The van der Waals surface area contributed by atoms with E-state index in [1.165, 1.54) is 6.33 Å². The first kappa shape index (κ1) is 9.29. The lowest BCUT2D eigenvalue weighted by molar-refractivity contribution is 0.832. The number of aryl methyl sites for hydroxylation is 1. The smallest absolute Gasteiger partial charge is 0.255 e. The van der Waals surface area contributed by atoms with E-state index < -0.39 is 0 Å². The van der Waals surface area contributed by atoms with Gasteiger partial charge >= 0.3 is 0 Å². The van der Waals surface area contributed by atoms with E-state index in [0.29, 0.717) is 10.9 Å². The molecule has 3 heterocycles. The molecule has 0 N–H and O–H groups in total. The van der Waals surface area contributed by atoms with E-state index in [9.17, 15) is 0 Å². The summed E-state index contributed by atoms with van der Waals surface area (Å²) in [5.41, 5.74) is 0. The van der Waals surface area contributed by atoms with Crippen LogP contribution < -0.4 is 0 Å². The first-order valence-corrected chi connectivity index (χ1v) is 5.00. The third-order valence-electron chi connectivity index (χ3n) is 2.27. The molecule has 6 nitrogen and oxygen atoms in total. The quantitative estimate of drug-likeness (QED) is 0.595. The van der Waals surface area contributed by atoms with E-state index >= 15 is 0 Å². The van der Waals surface area contributed by atoms with Crippen molar-refractivity contribution in [3.63, 3.8) is 0 Å². The zero-order chi connectivity index (χ0) is 11.1. The molecule has 3 rings (SSSR count). The lowest BCUT2D eigenvalue weighted by Gasteiger charge is -2.06. The molecule has 0 bridgehead atoms. The second-order valence-electron chi connectivity index (χ2n) is 3.25. The molecule has 7 heteroatoms. The SMILES string of the molecule is Cc1nccn1-c1cc(Cl)nc2ncnn12. The van der Waals surface area contributed by atoms with Gasteiger partial charge in [0.15, 0.2) is 0 Å². The van der Waals surface area contributed by atoms with Gasteiger partial charge in [0.25, 0.3) is 5.78 Å². The van der Waals surface area contributed by atoms with Gasteiger partial charge in [-0.25, -0.2) is 4.98 Å². The Morgan fingerprint density at radius 1 is 1.31 bits per heavy atom. The number of halogens is 1. The summed E-state index contributed by atoms with van der Waals surface area (Å²) in [7, 11) is 0. The summed E-state index contributed by atoms with van der Waals surface area (Å²) in [5.74, 6) is 2.08. The van der Waals surface area contributed by atoms with Crippen LogP contribution in [-0.2, 0) is 0 Å². The summed E-state index contributed by atoms with van der Waals surface area (Å²) in [4.78, 5) is 12.2. The van der Waals surface area contributed by atoms with E-state index in [0.717, 1.165) is 11.6 Å². The van der Waals surface area contributed by atoms with Gasteiger partial charge in [-0.1, -0.05) is 11.6 Å². The fraction of sp³-hybridized carbons (Fsp3) is 0.111. The Balaban J connectivity index is 2.38. The summed E-state index contributed by atoms with van der Waals surface area (Å²) in [6.45, 7) is 1.90. The van der Waals surface area contributed by atoms with Gasteiger partial charge in [0.05, 0.1) is 0 Å². The van der Waals surface area contributed by atoms with Crippen LogP contribution >= 0.6 is 11.6 Å². The van der Waals surface area contributed by atoms with Crippen molar-refractivity contribution in [1.29, 1.82) is 0 Å². The van der Waals surface area contributed by atoms with E-state index in [2.05, 4.69) is 20.1 Å². The van der Waals surface area contributed by atoms with Gasteiger partial charge in [0.2, 0.25) is 0 Å². The summed E-state index contributed by atoms with van der Waals surface area (Å²) in [6.07, 6.45) is 4.99. The molecule has 0 amide bonds. The standard InChI is InChI=1S/C9H7ClN6/c1-6-11-2-3-15(6)8-4-7(10)14-9-12-5-13-16(8)9/h2-5H,1H3. The van der Waals surface area contributed by atoms with Crippen molar-refractivity contribution in [3.05, 3.63) is 35.8 Å². The van der Waals surface area contributed by atoms with Crippen LogP contribution in [0, 0.1) is 6.92 Å². The average Bonchev–Trinajstić information content (AvgIpc) is 2.84. The number of nitrogens with zero attached hydrogens (tertiary/aromatic N) is 6. The van der Waals surface area contributed by atoms with Gasteiger partial charge in [-0.15, -0.1) is 0 Å². The fourth-order valence-corrected chi connectivity index (χ4v) is 1.73. The number of imidazole rings is 1. The molecule has 0 atom stereocenters. The maximum absolute atomic E-state index is 5.92. The number of aromatic nitrogens is 6. The van der Waals surface area contributed by atoms with Crippen molar-refractivity contribution in [1.82, 2.24) is 29.1 Å². The van der Waals surface area contributed by atoms with Crippen molar-refractivity contribution >= 4 is 17.4 Å². The molecule has 3 aromatic rings. The molecule has 80 valence electrons. The molecule has 0 aromatic carbocycles. The molecular weight excluding hydrogens is 228 g/mol. The van der Waals surface area contributed by atoms with E-state index in [1.54, 1.807) is 16.8 Å². The molecule has 0 radical (unpaired) electrons. The first-order chi connectivity index (χ1) is 7.75. The predicted octanol–water partition coefficient (Wildman–Crippen LogP) is 1.27. The lowest BCUT2D eigenvalue weighted by atomic mass is 10.5. The minimum Gasteiger partial charge on any atom is -0.288 e. The van der Waals surface area contributed by atoms with Gasteiger partial charge in [-0.05, 0) is 6.92 Å². The molecule has 0 fully saturated rings. The van der Waals surface area contributed by atoms with Crippen LogP contribution in [0.5, 0.6) is 0 Å². The zero-order valence-electron chi connectivity index (χ0n) is 8.37. The number of hydrogen-bond acceptors (Lipinski definition) is 4. The maximum atomic E-state index is 5.92. The monoisotopic (exact) mass is 234 g/mol. The van der Waals surface area contributed by atoms with Gasteiger partial charge in [0.1, 0.15) is 23.1 Å². The molecule has 0 aliphatic heterocycles. The van der Waals surface area contributed by atoms with Crippen molar-refractivity contribution in [2.75, 3.05) is 0 Å². The first-order valence-electron chi connectivity index (χ1n) is 4.62. The average molecular weight is 235 g/mol. The van der Waals surface area contributed by atoms with Crippen LogP contribution in [0.1, 0.15) is 5.82 Å². The third kappa shape index (κ3) is 1.27. The van der Waals surface area contributed by atoms with Gasteiger partial charge in [-0.2, -0.15) is 19.6 Å². The predicted molar refractivity (Wildman–Crippen MR) is 57.7 cm³/mol. The molecule has 0 aliphatic carbocycles. The van der Waals surface area contributed by atoms with Crippen LogP contribution in [0.2, 0.25) is 5.15 Å². The summed E-state index contributed by atoms with van der Waals surface area (Å²) < 4.78 is 3.48. The fourth-order valence-electron chi connectivity index (χ4n) is 1.56. The third-order valence-corrected chi connectivity index (χ3v) is 2.47. The topological polar surface area (TPSA) is 60.9 Å². The lowest BCUT2D eigenvalue weighted by Crippen LogP contribution is -2.05. The van der Waals surface area contributed by atoms with Crippen LogP contribution in [0.3, 0.4) is 0 Å². The molecule has 0 aliphatic rings. The van der Waals surface area contributed by atoms with Crippen molar-refractivity contribution in [2.24, 2.45) is 0 Å².